The zero-order valence-electron chi connectivity index (χ0n) is 36.1. The monoisotopic (exact) mass is 832 g/mol. The number of methoxy groups -OCH3 is 2. The molecular formula is C46H56N8O7. The molecule has 0 unspecified atom stereocenters. The van der Waals surface area contributed by atoms with Gasteiger partial charge in [0.2, 0.25) is 11.8 Å². The number of H-pyrrole nitrogens is 2. The molecule has 2 aromatic heterocycles. The molecule has 2 fully saturated rings. The van der Waals surface area contributed by atoms with Crippen molar-refractivity contribution in [2.24, 2.45) is 11.8 Å². The molecule has 15 nitrogen and oxygen atoms in total. The maximum atomic E-state index is 14.0. The Morgan fingerprint density at radius 2 is 1.49 bits per heavy atom. The molecule has 5 heterocycles. The first-order chi connectivity index (χ1) is 29.3. The van der Waals surface area contributed by atoms with Crippen LogP contribution in [-0.2, 0) is 25.7 Å². The Bertz CT molecular complexity index is 2490. The molecule has 3 aromatic carbocycles. The molecule has 3 aliphatic rings. The molecule has 0 saturated carbocycles. The Balaban J connectivity index is 1.05. The van der Waals surface area contributed by atoms with E-state index in [-0.39, 0.29) is 47.8 Å². The van der Waals surface area contributed by atoms with Crippen LogP contribution in [0.2, 0.25) is 0 Å². The van der Waals surface area contributed by atoms with Crippen LogP contribution in [0.25, 0.3) is 44.2 Å². The van der Waals surface area contributed by atoms with E-state index in [1.807, 2.05) is 56.7 Å². The minimum atomic E-state index is -0.726. The first kappa shape index (κ1) is 41.6. The van der Waals surface area contributed by atoms with E-state index in [2.05, 4.69) is 63.9 Å². The fraction of sp³-hybridized carbons (Fsp3) is 0.478. The number of fused-ring (bicyclic) bond motifs is 6. The fourth-order valence-corrected chi connectivity index (χ4v) is 9.51. The Hall–Kier alpha value is -6.12. The Kier molecular flexibility index (Phi) is 11.4. The van der Waals surface area contributed by atoms with Crippen molar-refractivity contribution < 1.29 is 33.4 Å². The largest absolute Gasteiger partial charge is 0.488 e. The second-order valence-electron chi connectivity index (χ2n) is 17.3. The van der Waals surface area contributed by atoms with Crippen LogP contribution in [-0.4, -0.2) is 92.1 Å². The highest BCUT2D eigenvalue weighted by atomic mass is 16.5. The van der Waals surface area contributed by atoms with Crippen molar-refractivity contribution in [1.82, 2.24) is 40.4 Å². The molecule has 4 amide bonds. The quantitative estimate of drug-likeness (QED) is 0.109. The summed E-state index contributed by atoms with van der Waals surface area (Å²) in [5.41, 5.74) is 6.60. The number of hydrogen-bond acceptors (Lipinski definition) is 9. The number of imidazole rings is 2. The number of nitrogens with one attached hydrogen (secondary N) is 4. The van der Waals surface area contributed by atoms with E-state index in [9.17, 15) is 19.2 Å². The Morgan fingerprint density at radius 3 is 2.16 bits per heavy atom. The summed E-state index contributed by atoms with van der Waals surface area (Å²) >= 11 is 0. The van der Waals surface area contributed by atoms with Gasteiger partial charge < -0.3 is 44.6 Å². The predicted molar refractivity (Wildman–Crippen MR) is 230 cm³/mol. The second kappa shape index (κ2) is 16.7. The third-order valence-electron chi connectivity index (χ3n) is 12.8. The van der Waals surface area contributed by atoms with Gasteiger partial charge in [-0.25, -0.2) is 19.6 Å². The SMILES string of the molecule is CC[C@H]1CC[C@@H](c2ncc(-c3ccc4c(c3)COc3cc5c(ccc6[nH]c([C@@H]7CC[C@H](C)N7C(=O)[C@@H](NC(=O)OC)C(C)C)nc65)cc3-4)[nH]2)N1C(=O)[C@@H](NC(=O)OC)C(C)C. The number of hydrogen-bond donors (Lipinski definition) is 4. The van der Waals surface area contributed by atoms with Gasteiger partial charge in [-0.05, 0) is 97.2 Å². The Labute approximate surface area is 355 Å². The Morgan fingerprint density at radius 1 is 0.820 bits per heavy atom. The van der Waals surface area contributed by atoms with Crippen LogP contribution in [0.1, 0.15) is 103 Å². The zero-order valence-corrected chi connectivity index (χ0v) is 36.1. The van der Waals surface area contributed by atoms with Crippen LogP contribution in [0.15, 0.2) is 48.7 Å². The number of benzene rings is 3. The maximum Gasteiger partial charge on any atom is 0.407 e. The van der Waals surface area contributed by atoms with E-state index in [1.54, 1.807) is 0 Å². The van der Waals surface area contributed by atoms with Gasteiger partial charge in [-0.2, -0.15) is 0 Å². The summed E-state index contributed by atoms with van der Waals surface area (Å²) < 4.78 is 16.1. The molecule has 3 aliphatic heterocycles. The van der Waals surface area contributed by atoms with E-state index in [4.69, 9.17) is 24.2 Å². The van der Waals surface area contributed by atoms with Crippen LogP contribution in [0.5, 0.6) is 5.75 Å². The van der Waals surface area contributed by atoms with Gasteiger partial charge in [0.1, 0.15) is 36.1 Å². The number of likely N-dealkylation sites (tertiary alicyclic amines) is 2. The third kappa shape index (κ3) is 7.63. The third-order valence-corrected chi connectivity index (χ3v) is 12.8. The molecule has 8 rings (SSSR count). The highest BCUT2D eigenvalue weighted by molar-refractivity contribution is 6.07. The maximum absolute atomic E-state index is 14.0. The summed E-state index contributed by atoms with van der Waals surface area (Å²) in [4.78, 5) is 73.0. The number of carbonyl (C=O) groups is 4. The molecule has 6 atom stereocenters. The lowest BCUT2D eigenvalue weighted by Crippen LogP contribution is -2.53. The number of aromatic nitrogens is 4. The average Bonchev–Trinajstić information content (AvgIpc) is 4.08. The summed E-state index contributed by atoms with van der Waals surface area (Å²) in [6.45, 7) is 12.1. The second-order valence-corrected chi connectivity index (χ2v) is 17.3. The summed E-state index contributed by atoms with van der Waals surface area (Å²) in [7, 11) is 2.59. The van der Waals surface area contributed by atoms with Crippen LogP contribution >= 0.6 is 0 Å². The molecule has 322 valence electrons. The van der Waals surface area contributed by atoms with Crippen molar-refractivity contribution in [1.29, 1.82) is 0 Å². The van der Waals surface area contributed by atoms with E-state index in [0.29, 0.717) is 12.4 Å². The zero-order chi connectivity index (χ0) is 43.3. The van der Waals surface area contributed by atoms with Gasteiger partial charge in [-0.3, -0.25) is 9.59 Å². The lowest BCUT2D eigenvalue weighted by molar-refractivity contribution is -0.138. The van der Waals surface area contributed by atoms with E-state index in [0.717, 1.165) is 93.4 Å². The van der Waals surface area contributed by atoms with E-state index < -0.39 is 24.3 Å². The van der Waals surface area contributed by atoms with Gasteiger partial charge in [0, 0.05) is 23.0 Å². The summed E-state index contributed by atoms with van der Waals surface area (Å²) in [5.74, 6) is 1.65. The van der Waals surface area contributed by atoms with Crippen LogP contribution in [0, 0.1) is 11.8 Å². The number of amides is 4. The van der Waals surface area contributed by atoms with Gasteiger partial charge in [0.15, 0.2) is 0 Å². The van der Waals surface area contributed by atoms with Crippen molar-refractivity contribution in [2.75, 3.05) is 14.2 Å². The van der Waals surface area contributed by atoms with Crippen LogP contribution in [0.4, 0.5) is 9.59 Å². The van der Waals surface area contributed by atoms with Crippen LogP contribution < -0.4 is 15.4 Å². The minimum Gasteiger partial charge on any atom is -0.488 e. The standard InChI is InChI=1S/C46H56N8O7/c1-9-29-13-17-35(54(29)44(56)39(24(4)5)52-46(58)60-8)41-47-21-34(49-41)27-11-14-30-28(18-27)22-61-37-20-31-26(19-32(30)37)12-15-33-40(31)50-42(48-33)36-16-10-25(6)53(36)43(55)38(23(2)3)51-45(57)59-7/h11-12,14-15,18-21,23-25,29,35-36,38-39H,9-10,13,16-17,22H2,1-8H3,(H,47,49)(H,48,50)(H,51,57)(H,52,58)/t25-,29-,35-,36-,38-,39-/m0/s1. The highest BCUT2D eigenvalue weighted by Crippen LogP contribution is 2.44. The number of ether oxygens (including phenoxy) is 3. The van der Waals surface area contributed by atoms with Crippen molar-refractivity contribution in [3.8, 4) is 28.1 Å². The van der Waals surface area contributed by atoms with Gasteiger partial charge in [-0.1, -0.05) is 52.8 Å². The predicted octanol–water partition coefficient (Wildman–Crippen LogP) is 7.92. The fourth-order valence-electron chi connectivity index (χ4n) is 9.51. The lowest BCUT2D eigenvalue weighted by atomic mass is 9.92. The van der Waals surface area contributed by atoms with Gasteiger partial charge >= 0.3 is 12.2 Å². The van der Waals surface area contributed by atoms with Crippen molar-refractivity contribution in [2.45, 2.75) is 117 Å². The smallest absolute Gasteiger partial charge is 0.407 e. The van der Waals surface area contributed by atoms with Gasteiger partial charge in [0.25, 0.3) is 0 Å². The normalized spacial score (nSPS) is 20.7. The number of rotatable bonds is 10. The molecule has 0 spiro atoms. The molecule has 4 N–H and O–H groups in total. The van der Waals surface area contributed by atoms with Crippen molar-refractivity contribution >= 4 is 45.8 Å². The minimum absolute atomic E-state index is 0.0257. The average molecular weight is 833 g/mol. The highest BCUT2D eigenvalue weighted by Gasteiger charge is 2.43. The first-order valence-electron chi connectivity index (χ1n) is 21.4. The molecule has 2 saturated heterocycles. The van der Waals surface area contributed by atoms with Crippen molar-refractivity contribution in [3.05, 3.63) is 65.9 Å². The molecular weight excluding hydrogens is 777 g/mol. The molecule has 0 bridgehead atoms. The molecule has 0 aliphatic carbocycles. The number of nitrogens with zero attached hydrogens (tertiary/aromatic N) is 4. The van der Waals surface area contributed by atoms with Crippen molar-refractivity contribution in [3.63, 3.8) is 0 Å². The number of carbonyl (C=O) groups excluding carboxylic acids is 4. The van der Waals surface area contributed by atoms with E-state index in [1.165, 1.54) is 14.2 Å². The molecule has 15 heteroatoms. The number of alkyl carbamates (subject to hydrolysis) is 2. The summed E-state index contributed by atoms with van der Waals surface area (Å²) in [5, 5.41) is 7.45. The molecule has 61 heavy (non-hydrogen) atoms. The van der Waals surface area contributed by atoms with Gasteiger partial charge in [0.05, 0.1) is 49.2 Å². The van der Waals surface area contributed by atoms with Crippen LogP contribution in [0.3, 0.4) is 0 Å². The first-order valence-corrected chi connectivity index (χ1v) is 21.4. The summed E-state index contributed by atoms with van der Waals surface area (Å²) in [6, 6.07) is 12.7. The summed E-state index contributed by atoms with van der Waals surface area (Å²) in [6.07, 6.45) is 4.54. The van der Waals surface area contributed by atoms with E-state index >= 15 is 0 Å². The van der Waals surface area contributed by atoms with Gasteiger partial charge in [-0.15, -0.1) is 0 Å². The molecule has 0 radical (unpaired) electrons. The topological polar surface area (TPSA) is 184 Å². The molecule has 5 aromatic rings. The number of aromatic amines is 2. The lowest BCUT2D eigenvalue weighted by Gasteiger charge is -2.34.